The van der Waals surface area contributed by atoms with E-state index in [4.69, 9.17) is 31.0 Å². The number of hydrogen-bond acceptors (Lipinski definition) is 2. The molecule has 6 heteroatoms. The van der Waals surface area contributed by atoms with Crippen molar-refractivity contribution in [1.29, 1.82) is 0 Å². The average molecular weight is 381 g/mol. The van der Waals surface area contributed by atoms with Crippen molar-refractivity contribution in [3.05, 3.63) is 37.5 Å². The van der Waals surface area contributed by atoms with Crippen LogP contribution >= 0.6 is 22.2 Å². The maximum atomic E-state index is 6.64. The molecule has 0 aliphatic heterocycles. The van der Waals surface area contributed by atoms with Crippen molar-refractivity contribution in [3.8, 4) is 0 Å². The summed E-state index contributed by atoms with van der Waals surface area (Å²) in [7, 11) is -4.46. The van der Waals surface area contributed by atoms with Crippen molar-refractivity contribution in [1.82, 2.24) is 0 Å². The molecule has 0 aromatic carbocycles. The Morgan fingerprint density at radius 1 is 0.773 bits per heavy atom. The Balaban J connectivity index is 4.52. The summed E-state index contributed by atoms with van der Waals surface area (Å²) >= 11 is 13.3. The second-order valence-corrected chi connectivity index (χ2v) is 15.2. The van der Waals surface area contributed by atoms with Crippen LogP contribution in [0.3, 0.4) is 0 Å². The van der Waals surface area contributed by atoms with Gasteiger partial charge in [-0.1, -0.05) is 38.2 Å². The van der Waals surface area contributed by atoms with Crippen LogP contribution in [0.4, 0.5) is 0 Å². The molecule has 128 valence electrons. The lowest BCUT2D eigenvalue weighted by Crippen LogP contribution is -2.31. The van der Waals surface area contributed by atoms with Crippen LogP contribution in [0.15, 0.2) is 37.5 Å². The Morgan fingerprint density at radius 3 is 1.41 bits per heavy atom. The first-order chi connectivity index (χ1) is 10.4. The van der Waals surface area contributed by atoms with Crippen LogP contribution in [0.5, 0.6) is 0 Å². The highest BCUT2D eigenvalue weighted by atomic mass is 35.6. The van der Waals surface area contributed by atoms with Gasteiger partial charge in [-0.2, -0.15) is 0 Å². The van der Waals surface area contributed by atoms with Crippen molar-refractivity contribution in [2.24, 2.45) is 0 Å². The Kier molecular flexibility index (Phi) is 12.6. The minimum absolute atomic E-state index is 0.710. The smallest absolute Gasteiger partial charge is 0.297 e. The molecule has 0 fully saturated rings. The van der Waals surface area contributed by atoms with Crippen LogP contribution in [-0.2, 0) is 8.85 Å². The molecule has 0 saturated heterocycles. The van der Waals surface area contributed by atoms with E-state index in [2.05, 4.69) is 39.2 Å². The molecule has 0 bridgehead atoms. The van der Waals surface area contributed by atoms with Gasteiger partial charge < -0.3 is 8.85 Å². The molecule has 0 spiro atoms. The van der Waals surface area contributed by atoms with Gasteiger partial charge in [-0.15, -0.1) is 35.3 Å². The molecule has 0 heterocycles. The molecule has 22 heavy (non-hydrogen) atoms. The highest BCUT2D eigenvalue weighted by molar-refractivity contribution is 7.17. The Hall–Kier alpha value is 0.154. The maximum Gasteiger partial charge on any atom is 0.297 e. The lowest BCUT2D eigenvalue weighted by atomic mass is 10.5. The molecule has 0 aromatic rings. The van der Waals surface area contributed by atoms with Crippen LogP contribution in [0.25, 0.3) is 0 Å². The first kappa shape index (κ1) is 22.2. The number of allylic oxidation sites excluding steroid dienone is 4. The van der Waals surface area contributed by atoms with E-state index >= 15 is 0 Å². The molecule has 2 nitrogen and oxygen atoms in total. The summed E-state index contributed by atoms with van der Waals surface area (Å²) in [5, 5.41) is 0. The van der Waals surface area contributed by atoms with Gasteiger partial charge in [0.25, 0.3) is 15.3 Å². The second kappa shape index (κ2) is 12.6. The molecular formula is C16H30Cl2O2Si2. The lowest BCUT2D eigenvalue weighted by molar-refractivity contribution is 0.314. The average Bonchev–Trinajstić information content (AvgIpc) is 2.49. The summed E-state index contributed by atoms with van der Waals surface area (Å²) < 4.78 is 11.8. The third kappa shape index (κ3) is 10.0. The minimum Gasteiger partial charge on any atom is -0.403 e. The van der Waals surface area contributed by atoms with Crippen LogP contribution in [0.2, 0.25) is 24.2 Å². The van der Waals surface area contributed by atoms with Crippen molar-refractivity contribution >= 4 is 37.4 Å². The molecule has 0 N–H and O–H groups in total. The van der Waals surface area contributed by atoms with E-state index in [1.807, 2.05) is 12.2 Å². The fourth-order valence-electron chi connectivity index (χ4n) is 1.92. The Bertz CT molecular complexity index is 321. The fraction of sp³-hybridized carbons (Fsp3) is 0.625. The largest absolute Gasteiger partial charge is 0.403 e. The van der Waals surface area contributed by atoms with E-state index in [0.29, 0.717) is 13.2 Å². The molecular weight excluding hydrogens is 351 g/mol. The Morgan fingerprint density at radius 2 is 1.14 bits per heavy atom. The zero-order chi connectivity index (χ0) is 16.9. The Labute approximate surface area is 147 Å². The van der Waals surface area contributed by atoms with E-state index in [1.54, 1.807) is 0 Å². The summed E-state index contributed by atoms with van der Waals surface area (Å²) in [6.07, 6.45) is 9.85. The van der Waals surface area contributed by atoms with E-state index in [9.17, 15) is 0 Å². The van der Waals surface area contributed by atoms with Crippen LogP contribution < -0.4 is 0 Å². The van der Waals surface area contributed by atoms with Gasteiger partial charge in [0.05, 0.1) is 0 Å². The third-order valence-electron chi connectivity index (χ3n) is 3.04. The molecule has 2 atom stereocenters. The van der Waals surface area contributed by atoms with Crippen molar-refractivity contribution < 1.29 is 8.85 Å². The topological polar surface area (TPSA) is 18.5 Å². The summed E-state index contributed by atoms with van der Waals surface area (Å²) in [6, 6.07) is 3.04. The van der Waals surface area contributed by atoms with Gasteiger partial charge >= 0.3 is 0 Å². The van der Waals surface area contributed by atoms with Gasteiger partial charge in [0, 0.05) is 13.2 Å². The number of halogens is 2. The zero-order valence-electron chi connectivity index (χ0n) is 14.0. The van der Waals surface area contributed by atoms with Crippen molar-refractivity contribution in [2.45, 2.75) is 50.9 Å². The number of hydrogen-bond donors (Lipinski definition) is 0. The van der Waals surface area contributed by atoms with E-state index < -0.39 is 15.3 Å². The van der Waals surface area contributed by atoms with Crippen LogP contribution in [-0.4, -0.2) is 28.5 Å². The predicted octanol–water partition coefficient (Wildman–Crippen LogP) is 6.13. The molecule has 0 aromatic heterocycles. The summed E-state index contributed by atoms with van der Waals surface area (Å²) in [6.45, 7) is 13.2. The monoisotopic (exact) mass is 380 g/mol. The SMILES string of the molecule is C=CC[Si](Cl)(C/C=C/C[Si](Cl)(CC=C)OCCC)OCCC. The van der Waals surface area contributed by atoms with Crippen molar-refractivity contribution in [3.63, 3.8) is 0 Å². The van der Waals surface area contributed by atoms with Gasteiger partial charge in [0.15, 0.2) is 0 Å². The molecule has 0 rings (SSSR count). The highest BCUT2D eigenvalue weighted by Gasteiger charge is 2.31. The molecule has 2 unspecified atom stereocenters. The maximum absolute atomic E-state index is 6.64. The molecule has 0 aliphatic rings. The molecule has 0 amide bonds. The first-order valence-electron chi connectivity index (χ1n) is 7.97. The lowest BCUT2D eigenvalue weighted by Gasteiger charge is -2.23. The van der Waals surface area contributed by atoms with Gasteiger partial charge in [-0.3, -0.25) is 0 Å². The van der Waals surface area contributed by atoms with Gasteiger partial charge in [0.1, 0.15) is 0 Å². The standard InChI is InChI=1S/C16H30Cl2O2Si2/c1-5-11-19-21(17,13-7-3)15-9-10-16-22(18,14-8-4)20-12-6-2/h7-10H,3-6,11-16H2,1-2H3/b10-9+. The van der Waals surface area contributed by atoms with Crippen molar-refractivity contribution in [2.75, 3.05) is 13.2 Å². The van der Waals surface area contributed by atoms with E-state index in [0.717, 1.165) is 37.0 Å². The van der Waals surface area contributed by atoms with Gasteiger partial charge in [0.2, 0.25) is 0 Å². The van der Waals surface area contributed by atoms with E-state index in [-0.39, 0.29) is 0 Å². The third-order valence-corrected chi connectivity index (χ3v) is 10.5. The van der Waals surface area contributed by atoms with Crippen LogP contribution in [0, 0.1) is 0 Å². The summed E-state index contributed by atoms with van der Waals surface area (Å²) in [5.74, 6) is 0. The van der Waals surface area contributed by atoms with Crippen LogP contribution in [0.1, 0.15) is 26.7 Å². The fourth-order valence-corrected chi connectivity index (χ4v) is 7.42. The predicted molar refractivity (Wildman–Crippen MR) is 104 cm³/mol. The molecule has 0 aliphatic carbocycles. The summed E-state index contributed by atoms with van der Waals surface area (Å²) in [4.78, 5) is 0. The second-order valence-electron chi connectivity index (χ2n) is 5.33. The highest BCUT2D eigenvalue weighted by Crippen LogP contribution is 2.26. The summed E-state index contributed by atoms with van der Waals surface area (Å²) in [5.41, 5.74) is 0. The normalized spacial score (nSPS) is 17.1. The van der Waals surface area contributed by atoms with Gasteiger partial charge in [-0.05, 0) is 37.0 Å². The first-order valence-corrected chi connectivity index (χ1v) is 14.6. The number of rotatable bonds is 14. The van der Waals surface area contributed by atoms with E-state index in [1.165, 1.54) is 0 Å². The minimum atomic E-state index is -2.23. The molecule has 0 radical (unpaired) electrons. The quantitative estimate of drug-likeness (QED) is 0.205. The zero-order valence-corrected chi connectivity index (χ0v) is 17.5. The molecule has 0 saturated carbocycles. The van der Waals surface area contributed by atoms with Gasteiger partial charge in [-0.25, -0.2) is 0 Å².